The Morgan fingerprint density at radius 3 is 2.77 bits per heavy atom. The normalized spacial score (nSPS) is 10.2. The molecule has 1 heteroatoms. The fourth-order valence-corrected chi connectivity index (χ4v) is 1.55. The molecule has 0 spiro atoms. The molecule has 1 heterocycles. The van der Waals surface area contributed by atoms with E-state index in [0.29, 0.717) is 0 Å². The molecule has 0 radical (unpaired) electrons. The van der Waals surface area contributed by atoms with E-state index in [4.69, 9.17) is 6.42 Å². The maximum absolute atomic E-state index is 5.34. The van der Waals surface area contributed by atoms with Gasteiger partial charge < -0.3 is 4.98 Å². The first-order valence-corrected chi connectivity index (χ1v) is 4.28. The summed E-state index contributed by atoms with van der Waals surface area (Å²) in [4.78, 5) is 3.31. The van der Waals surface area contributed by atoms with E-state index in [1.807, 2.05) is 18.2 Å². The quantitative estimate of drug-likeness (QED) is 0.584. The molecule has 0 amide bonds. The van der Waals surface area contributed by atoms with Crippen molar-refractivity contribution in [1.82, 2.24) is 4.98 Å². The molecule has 1 N–H and O–H groups in total. The molecule has 1 aromatic carbocycles. The number of hydrogen-bond donors (Lipinski definition) is 1. The minimum absolute atomic E-state index is 0.939. The zero-order valence-corrected chi connectivity index (χ0v) is 7.81. The molecule has 1 nitrogen and oxygen atoms in total. The number of aromatic amines is 1. The van der Waals surface area contributed by atoms with Gasteiger partial charge in [-0.15, -0.1) is 6.42 Å². The first-order chi connectivity index (χ1) is 6.22. The molecule has 0 aliphatic carbocycles. The second-order valence-electron chi connectivity index (χ2n) is 3.28. The van der Waals surface area contributed by atoms with E-state index in [9.17, 15) is 0 Å². The third-order valence-electron chi connectivity index (χ3n) is 2.47. The molecule has 2 rings (SSSR count). The monoisotopic (exact) mass is 169 g/mol. The number of aryl methyl sites for hydroxylation is 2. The van der Waals surface area contributed by atoms with Gasteiger partial charge >= 0.3 is 0 Å². The van der Waals surface area contributed by atoms with Crippen LogP contribution in [-0.4, -0.2) is 4.98 Å². The zero-order chi connectivity index (χ0) is 9.42. The lowest BCUT2D eigenvalue weighted by Gasteiger charge is -1.92. The molecule has 0 aliphatic heterocycles. The SMILES string of the molecule is C#Cc1ccc2[nH]c(C)c(C)c2c1. The van der Waals surface area contributed by atoms with E-state index in [1.165, 1.54) is 16.6 Å². The lowest BCUT2D eigenvalue weighted by molar-refractivity contribution is 1.25. The second-order valence-corrected chi connectivity index (χ2v) is 3.28. The summed E-state index contributed by atoms with van der Waals surface area (Å²) >= 11 is 0. The Bertz CT molecular complexity index is 498. The van der Waals surface area contributed by atoms with Crippen LogP contribution in [0.3, 0.4) is 0 Å². The molecule has 0 aliphatic rings. The number of nitrogens with one attached hydrogen (secondary N) is 1. The van der Waals surface area contributed by atoms with Gasteiger partial charge in [0, 0.05) is 22.2 Å². The summed E-state index contributed by atoms with van der Waals surface area (Å²) in [5.41, 5.74) is 4.60. The highest BCUT2D eigenvalue weighted by Gasteiger charge is 2.03. The number of rotatable bonds is 0. The smallest absolute Gasteiger partial charge is 0.0459 e. The van der Waals surface area contributed by atoms with Crippen molar-refractivity contribution in [3.8, 4) is 12.3 Å². The summed E-state index contributed by atoms with van der Waals surface area (Å²) in [5, 5.41) is 1.23. The van der Waals surface area contributed by atoms with Gasteiger partial charge in [0.25, 0.3) is 0 Å². The van der Waals surface area contributed by atoms with Gasteiger partial charge in [-0.1, -0.05) is 5.92 Å². The molecule has 0 atom stereocenters. The third-order valence-corrected chi connectivity index (χ3v) is 2.47. The van der Waals surface area contributed by atoms with E-state index < -0.39 is 0 Å². The predicted molar refractivity (Wildman–Crippen MR) is 55.7 cm³/mol. The maximum Gasteiger partial charge on any atom is 0.0459 e. The first-order valence-electron chi connectivity index (χ1n) is 4.28. The Kier molecular flexibility index (Phi) is 1.63. The van der Waals surface area contributed by atoms with Crippen molar-refractivity contribution in [1.29, 1.82) is 0 Å². The largest absolute Gasteiger partial charge is 0.358 e. The Hall–Kier alpha value is -1.68. The van der Waals surface area contributed by atoms with Crippen molar-refractivity contribution < 1.29 is 0 Å². The molecule has 0 bridgehead atoms. The van der Waals surface area contributed by atoms with Crippen molar-refractivity contribution in [3.63, 3.8) is 0 Å². The Labute approximate surface area is 77.8 Å². The molecule has 0 fully saturated rings. The fourth-order valence-electron chi connectivity index (χ4n) is 1.55. The summed E-state index contributed by atoms with van der Waals surface area (Å²) < 4.78 is 0. The summed E-state index contributed by atoms with van der Waals surface area (Å²) in [6, 6.07) is 6.04. The summed E-state index contributed by atoms with van der Waals surface area (Å²) in [7, 11) is 0. The average molecular weight is 169 g/mol. The van der Waals surface area contributed by atoms with Gasteiger partial charge in [0.05, 0.1) is 0 Å². The Morgan fingerprint density at radius 2 is 2.08 bits per heavy atom. The van der Waals surface area contributed by atoms with E-state index in [-0.39, 0.29) is 0 Å². The summed E-state index contributed by atoms with van der Waals surface area (Å²) in [5.74, 6) is 2.64. The van der Waals surface area contributed by atoms with Crippen molar-refractivity contribution in [3.05, 3.63) is 35.0 Å². The first kappa shape index (κ1) is 7.94. The zero-order valence-electron chi connectivity index (χ0n) is 7.81. The molecular formula is C12H11N. The van der Waals surface area contributed by atoms with Gasteiger partial charge in [0.2, 0.25) is 0 Å². The molecule has 1 aromatic heterocycles. The predicted octanol–water partition coefficient (Wildman–Crippen LogP) is 2.77. The molecule has 2 aromatic rings. The van der Waals surface area contributed by atoms with Gasteiger partial charge in [0.1, 0.15) is 0 Å². The van der Waals surface area contributed by atoms with E-state index in [0.717, 1.165) is 11.1 Å². The maximum atomic E-state index is 5.34. The highest BCUT2D eigenvalue weighted by atomic mass is 14.7. The van der Waals surface area contributed by atoms with Crippen LogP contribution in [0.4, 0.5) is 0 Å². The van der Waals surface area contributed by atoms with Crippen LogP contribution in [0.15, 0.2) is 18.2 Å². The van der Waals surface area contributed by atoms with Crippen LogP contribution in [-0.2, 0) is 0 Å². The van der Waals surface area contributed by atoms with Crippen LogP contribution in [0, 0.1) is 26.2 Å². The number of terminal acetylenes is 1. The number of aromatic nitrogens is 1. The van der Waals surface area contributed by atoms with Crippen molar-refractivity contribution in [2.24, 2.45) is 0 Å². The highest BCUT2D eigenvalue weighted by molar-refractivity contribution is 5.85. The molecule has 0 saturated heterocycles. The summed E-state index contributed by atoms with van der Waals surface area (Å²) in [6.45, 7) is 4.18. The lowest BCUT2D eigenvalue weighted by Crippen LogP contribution is -1.74. The van der Waals surface area contributed by atoms with E-state index in [2.05, 4.69) is 24.8 Å². The van der Waals surface area contributed by atoms with Crippen molar-refractivity contribution in [2.45, 2.75) is 13.8 Å². The number of benzene rings is 1. The van der Waals surface area contributed by atoms with Gasteiger partial charge in [-0.2, -0.15) is 0 Å². The Morgan fingerprint density at radius 1 is 1.31 bits per heavy atom. The lowest BCUT2D eigenvalue weighted by atomic mass is 10.1. The minimum Gasteiger partial charge on any atom is -0.358 e. The van der Waals surface area contributed by atoms with Crippen LogP contribution in [0.25, 0.3) is 10.9 Å². The molecule has 64 valence electrons. The fraction of sp³-hybridized carbons (Fsp3) is 0.167. The standard InChI is InChI=1S/C12H11N/c1-4-10-5-6-12-11(7-10)8(2)9(3)13-12/h1,5-7,13H,2-3H3. The van der Waals surface area contributed by atoms with Crippen LogP contribution in [0.1, 0.15) is 16.8 Å². The van der Waals surface area contributed by atoms with Gasteiger partial charge in [-0.3, -0.25) is 0 Å². The van der Waals surface area contributed by atoms with Crippen LogP contribution in [0.5, 0.6) is 0 Å². The molecule has 0 saturated carbocycles. The molecular weight excluding hydrogens is 158 g/mol. The van der Waals surface area contributed by atoms with Crippen LogP contribution in [0.2, 0.25) is 0 Å². The Balaban J connectivity index is 2.84. The van der Waals surface area contributed by atoms with Crippen molar-refractivity contribution in [2.75, 3.05) is 0 Å². The molecule has 0 unspecified atom stereocenters. The van der Waals surface area contributed by atoms with E-state index in [1.54, 1.807) is 0 Å². The third kappa shape index (κ3) is 1.11. The average Bonchev–Trinajstić information content (AvgIpc) is 2.43. The van der Waals surface area contributed by atoms with E-state index >= 15 is 0 Å². The van der Waals surface area contributed by atoms with Gasteiger partial charge in [-0.25, -0.2) is 0 Å². The second kappa shape index (κ2) is 2.67. The van der Waals surface area contributed by atoms with Gasteiger partial charge in [-0.05, 0) is 37.6 Å². The highest BCUT2D eigenvalue weighted by Crippen LogP contribution is 2.21. The van der Waals surface area contributed by atoms with Gasteiger partial charge in [0.15, 0.2) is 0 Å². The summed E-state index contributed by atoms with van der Waals surface area (Å²) in [6.07, 6.45) is 5.34. The van der Waals surface area contributed by atoms with Crippen LogP contribution < -0.4 is 0 Å². The number of H-pyrrole nitrogens is 1. The number of fused-ring (bicyclic) bond motifs is 1. The number of hydrogen-bond acceptors (Lipinski definition) is 0. The minimum atomic E-state index is 0.939. The molecule has 13 heavy (non-hydrogen) atoms. The van der Waals surface area contributed by atoms with Crippen LogP contribution >= 0.6 is 0 Å². The van der Waals surface area contributed by atoms with Crippen molar-refractivity contribution >= 4 is 10.9 Å². The topological polar surface area (TPSA) is 15.8 Å².